The van der Waals surface area contributed by atoms with Crippen molar-refractivity contribution in [3.63, 3.8) is 0 Å². The SMILES string of the molecule is CS(=O)(=O)N1CCC2(CC1)CC(CC(NC(=O)[C@H](CC1CCCCC1)NC(=O)OC1CCCC1Cc1cccc(Cl)c1)C(O)C(=O)NC1CC1)C(=O)N2. The molecule has 15 heteroatoms. The monoisotopic (exact) mass is 777 g/mol. The third kappa shape index (κ3) is 10.9. The topological polar surface area (TPSA) is 183 Å². The van der Waals surface area contributed by atoms with Crippen molar-refractivity contribution >= 4 is 45.4 Å². The highest BCUT2D eigenvalue weighted by molar-refractivity contribution is 7.88. The Kier molecular flexibility index (Phi) is 12.9. The summed E-state index contributed by atoms with van der Waals surface area (Å²) in [4.78, 5) is 54.2. The van der Waals surface area contributed by atoms with Crippen molar-refractivity contribution in [1.82, 2.24) is 25.6 Å². The molecule has 0 aromatic heterocycles. The minimum Gasteiger partial charge on any atom is -0.446 e. The molecule has 0 radical (unpaired) electrons. The Labute approximate surface area is 318 Å². The lowest BCUT2D eigenvalue weighted by molar-refractivity contribution is -0.134. The summed E-state index contributed by atoms with van der Waals surface area (Å²) in [5, 5.41) is 23.7. The first kappa shape index (κ1) is 39.7. The van der Waals surface area contributed by atoms with Gasteiger partial charge in [-0.25, -0.2) is 17.5 Å². The molecule has 6 rings (SSSR count). The van der Waals surface area contributed by atoms with Gasteiger partial charge in [0.1, 0.15) is 12.1 Å². The molecule has 0 bridgehead atoms. The van der Waals surface area contributed by atoms with Crippen LogP contribution in [0.3, 0.4) is 0 Å². The quantitative estimate of drug-likeness (QED) is 0.190. The Hall–Kier alpha value is -2.94. The van der Waals surface area contributed by atoms with Crippen LogP contribution in [0.4, 0.5) is 4.79 Å². The summed E-state index contributed by atoms with van der Waals surface area (Å²) in [6.45, 7) is 0.566. The van der Waals surface area contributed by atoms with Crippen molar-refractivity contribution in [2.75, 3.05) is 19.3 Å². The number of benzene rings is 1. The highest BCUT2D eigenvalue weighted by Crippen LogP contribution is 2.38. The van der Waals surface area contributed by atoms with E-state index in [0.717, 1.165) is 76.2 Å². The van der Waals surface area contributed by atoms with Crippen molar-refractivity contribution < 1.29 is 37.4 Å². The molecule has 1 aromatic carbocycles. The molecule has 294 valence electrons. The van der Waals surface area contributed by atoms with Crippen molar-refractivity contribution in [3.05, 3.63) is 34.9 Å². The molecule has 5 unspecified atom stereocenters. The standard InChI is InChI=1S/C38H56ClN5O8S/c1-53(50,51)44-17-15-38(16-18-44)23-27(34(46)43-38)22-30(33(45)36(48)40-29-13-14-29)41-35(47)31(21-24-7-3-2-4-8-24)42-37(49)52-32-12-6-10-26(32)19-25-9-5-11-28(39)20-25/h5,9,11,20,24,26-27,29-33,45H,2-4,6-8,10,12-19,21-23H2,1H3,(H,40,48)(H,41,47)(H,42,49)(H,43,46)/t26?,27?,30?,31-,32?,33?/m0/s1. The van der Waals surface area contributed by atoms with Crippen LogP contribution in [-0.2, 0) is 35.6 Å². The maximum absolute atomic E-state index is 14.2. The van der Waals surface area contributed by atoms with Crippen molar-refractivity contribution in [3.8, 4) is 0 Å². The van der Waals surface area contributed by atoms with Gasteiger partial charge in [0.15, 0.2) is 6.10 Å². The van der Waals surface area contributed by atoms with Crippen molar-refractivity contribution in [2.45, 2.75) is 139 Å². The molecule has 1 spiro atoms. The van der Waals surface area contributed by atoms with E-state index >= 15 is 0 Å². The summed E-state index contributed by atoms with van der Waals surface area (Å²) in [5.74, 6) is -1.70. The molecule has 4 amide bonds. The summed E-state index contributed by atoms with van der Waals surface area (Å²) < 4.78 is 31.6. The third-order valence-corrected chi connectivity index (χ3v) is 13.7. The second kappa shape index (κ2) is 17.2. The molecule has 2 heterocycles. The van der Waals surface area contributed by atoms with Gasteiger partial charge in [0.2, 0.25) is 21.8 Å². The van der Waals surface area contributed by atoms with Gasteiger partial charge in [0.05, 0.1) is 12.3 Å². The van der Waals surface area contributed by atoms with Gasteiger partial charge in [0.25, 0.3) is 5.91 Å². The Morgan fingerprint density at radius 2 is 1.74 bits per heavy atom. The zero-order valence-electron chi connectivity index (χ0n) is 30.7. The number of sulfonamides is 1. The smallest absolute Gasteiger partial charge is 0.408 e. The number of piperidine rings is 1. The molecule has 13 nitrogen and oxygen atoms in total. The van der Waals surface area contributed by atoms with Crippen LogP contribution in [0.2, 0.25) is 5.02 Å². The molecule has 53 heavy (non-hydrogen) atoms. The van der Waals surface area contributed by atoms with E-state index in [0.29, 0.717) is 30.7 Å². The van der Waals surface area contributed by atoms with E-state index in [1.807, 2.05) is 24.3 Å². The molecule has 1 aromatic rings. The first-order chi connectivity index (χ1) is 25.3. The minimum absolute atomic E-state index is 0.00220. The number of rotatable bonds is 14. The molecule has 2 aliphatic heterocycles. The average molecular weight is 778 g/mol. The van der Waals surface area contributed by atoms with Crippen LogP contribution in [0.5, 0.6) is 0 Å². The first-order valence-corrected chi connectivity index (χ1v) is 21.8. The number of hydrogen-bond donors (Lipinski definition) is 5. The molecule has 6 atom stereocenters. The van der Waals surface area contributed by atoms with Gasteiger partial charge in [-0.15, -0.1) is 0 Å². The number of carbonyl (C=O) groups is 4. The number of nitrogens with zero attached hydrogens (tertiary/aromatic N) is 1. The number of hydrogen-bond acceptors (Lipinski definition) is 8. The van der Waals surface area contributed by atoms with Crippen molar-refractivity contribution in [1.29, 1.82) is 0 Å². The third-order valence-electron chi connectivity index (χ3n) is 12.1. The Morgan fingerprint density at radius 3 is 2.42 bits per heavy atom. The molecule has 5 aliphatic rings. The zero-order valence-corrected chi connectivity index (χ0v) is 32.3. The molecular weight excluding hydrogens is 722 g/mol. The lowest BCUT2D eigenvalue weighted by atomic mass is 9.82. The van der Waals surface area contributed by atoms with E-state index in [-0.39, 0.29) is 49.4 Å². The highest BCUT2D eigenvalue weighted by Gasteiger charge is 2.48. The predicted molar refractivity (Wildman–Crippen MR) is 199 cm³/mol. The van der Waals surface area contributed by atoms with Crippen LogP contribution >= 0.6 is 11.6 Å². The normalized spacial score (nSPS) is 26.7. The number of nitrogens with one attached hydrogen (secondary N) is 4. The summed E-state index contributed by atoms with van der Waals surface area (Å²) in [6.07, 6.45) is 10.2. The molecule has 3 aliphatic carbocycles. The molecular formula is C38H56ClN5O8S. The number of halogens is 1. The summed E-state index contributed by atoms with van der Waals surface area (Å²) in [5.41, 5.74) is 0.475. The number of amides is 4. The van der Waals surface area contributed by atoms with Gasteiger partial charge in [-0.2, -0.15) is 0 Å². The molecule has 5 fully saturated rings. The lowest BCUT2D eigenvalue weighted by Gasteiger charge is -2.38. The number of alkyl carbamates (subject to hydrolysis) is 1. The van der Waals surface area contributed by atoms with Gasteiger partial charge in [-0.1, -0.05) is 55.8 Å². The van der Waals surface area contributed by atoms with E-state index < -0.39 is 57.6 Å². The molecule has 5 N–H and O–H groups in total. The second-order valence-corrected chi connectivity index (χ2v) is 18.7. The second-order valence-electron chi connectivity index (χ2n) is 16.3. The average Bonchev–Trinajstić information content (AvgIpc) is 3.75. The Morgan fingerprint density at radius 1 is 1.00 bits per heavy atom. The van der Waals surface area contributed by atoms with Gasteiger partial charge in [0, 0.05) is 41.5 Å². The summed E-state index contributed by atoms with van der Waals surface area (Å²) in [6, 6.07) is 5.57. The van der Waals surface area contributed by atoms with Gasteiger partial charge >= 0.3 is 6.09 Å². The van der Waals surface area contributed by atoms with Crippen LogP contribution in [0.25, 0.3) is 0 Å². The fraction of sp³-hybridized carbons (Fsp3) is 0.737. The van der Waals surface area contributed by atoms with Crippen LogP contribution in [0.1, 0.15) is 102 Å². The maximum atomic E-state index is 14.2. The van der Waals surface area contributed by atoms with E-state index in [1.54, 1.807) is 0 Å². The number of ether oxygens (including phenoxy) is 1. The summed E-state index contributed by atoms with van der Waals surface area (Å²) >= 11 is 6.21. The van der Waals surface area contributed by atoms with Gasteiger partial charge < -0.3 is 31.1 Å². The maximum Gasteiger partial charge on any atom is 0.408 e. The zero-order chi connectivity index (χ0) is 37.8. The fourth-order valence-electron chi connectivity index (χ4n) is 8.96. The van der Waals surface area contributed by atoms with E-state index in [1.165, 1.54) is 10.6 Å². The van der Waals surface area contributed by atoms with Crippen LogP contribution in [0.15, 0.2) is 24.3 Å². The first-order valence-electron chi connectivity index (χ1n) is 19.5. The predicted octanol–water partition coefficient (Wildman–Crippen LogP) is 3.56. The van der Waals surface area contributed by atoms with Crippen LogP contribution < -0.4 is 21.3 Å². The van der Waals surface area contributed by atoms with Crippen LogP contribution in [-0.4, -0.2) is 96.9 Å². The number of aliphatic hydroxyl groups is 1. The Balaban J connectivity index is 1.13. The summed E-state index contributed by atoms with van der Waals surface area (Å²) in [7, 11) is -3.36. The molecule has 2 saturated heterocycles. The number of carbonyl (C=O) groups excluding carboxylic acids is 4. The van der Waals surface area contributed by atoms with E-state index in [9.17, 15) is 32.7 Å². The largest absolute Gasteiger partial charge is 0.446 e. The van der Waals surface area contributed by atoms with E-state index in [4.69, 9.17) is 16.3 Å². The Bertz CT molecular complexity index is 1590. The van der Waals surface area contributed by atoms with E-state index in [2.05, 4.69) is 21.3 Å². The number of aliphatic hydroxyl groups excluding tert-OH is 1. The van der Waals surface area contributed by atoms with Crippen LogP contribution in [0, 0.1) is 17.8 Å². The van der Waals surface area contributed by atoms with Crippen molar-refractivity contribution in [2.24, 2.45) is 17.8 Å². The molecule has 3 saturated carbocycles. The van der Waals surface area contributed by atoms with Gasteiger partial charge in [-0.3, -0.25) is 14.4 Å². The van der Waals surface area contributed by atoms with Gasteiger partial charge in [-0.05, 0) is 94.2 Å². The highest BCUT2D eigenvalue weighted by atomic mass is 35.5. The fourth-order valence-corrected chi connectivity index (χ4v) is 10.0. The lowest BCUT2D eigenvalue weighted by Crippen LogP contribution is -2.57. The minimum atomic E-state index is -3.36.